The van der Waals surface area contributed by atoms with E-state index in [2.05, 4.69) is 36.3 Å². The summed E-state index contributed by atoms with van der Waals surface area (Å²) < 4.78 is 3.97. The standard InChI is InChI=1S/C20H17BrN6O2/c21-15-3-4-17-16(10-15)20(29)26(13-23-17)8-6-19(28)24-18-5-9-27(25-18)12-14-2-1-7-22-11-14/h1-5,7,9-11,13H,6,8,12H2,(H,24,25,28). The third-order valence-electron chi connectivity index (χ3n) is 4.34. The molecule has 3 heterocycles. The van der Waals surface area contributed by atoms with E-state index in [4.69, 9.17) is 0 Å². The molecule has 0 atom stereocenters. The van der Waals surface area contributed by atoms with Crippen molar-refractivity contribution >= 4 is 38.6 Å². The van der Waals surface area contributed by atoms with E-state index in [9.17, 15) is 9.59 Å². The number of hydrogen-bond acceptors (Lipinski definition) is 5. The molecule has 3 aromatic heterocycles. The van der Waals surface area contributed by atoms with Crippen LogP contribution in [0.2, 0.25) is 0 Å². The van der Waals surface area contributed by atoms with Crippen LogP contribution in [0.1, 0.15) is 12.0 Å². The Labute approximate surface area is 174 Å². The molecular weight excluding hydrogens is 436 g/mol. The summed E-state index contributed by atoms with van der Waals surface area (Å²) in [6.45, 7) is 0.800. The molecule has 0 spiro atoms. The Morgan fingerprint density at radius 2 is 2.10 bits per heavy atom. The fourth-order valence-corrected chi connectivity index (χ4v) is 3.27. The molecule has 0 aliphatic rings. The number of amides is 1. The van der Waals surface area contributed by atoms with Gasteiger partial charge in [-0.15, -0.1) is 0 Å². The Morgan fingerprint density at radius 1 is 1.21 bits per heavy atom. The van der Waals surface area contributed by atoms with Crippen LogP contribution in [0, 0.1) is 0 Å². The highest BCUT2D eigenvalue weighted by Crippen LogP contribution is 2.15. The number of rotatable bonds is 6. The van der Waals surface area contributed by atoms with E-state index in [0.29, 0.717) is 23.3 Å². The van der Waals surface area contributed by atoms with Gasteiger partial charge in [0.15, 0.2) is 5.82 Å². The van der Waals surface area contributed by atoms with Crippen molar-refractivity contribution in [2.24, 2.45) is 0 Å². The van der Waals surface area contributed by atoms with E-state index in [1.807, 2.05) is 18.2 Å². The number of anilines is 1. The van der Waals surface area contributed by atoms with E-state index in [1.54, 1.807) is 41.5 Å². The number of hydrogen-bond donors (Lipinski definition) is 1. The molecule has 0 aliphatic heterocycles. The molecule has 9 heteroatoms. The molecule has 0 unspecified atom stereocenters. The average Bonchev–Trinajstić information content (AvgIpc) is 3.15. The zero-order chi connectivity index (χ0) is 20.2. The lowest BCUT2D eigenvalue weighted by atomic mass is 10.2. The maximum Gasteiger partial charge on any atom is 0.261 e. The van der Waals surface area contributed by atoms with Crippen molar-refractivity contribution < 1.29 is 4.79 Å². The molecule has 1 amide bonds. The van der Waals surface area contributed by atoms with Crippen LogP contribution in [-0.2, 0) is 17.9 Å². The number of aryl methyl sites for hydroxylation is 1. The van der Waals surface area contributed by atoms with Crippen LogP contribution in [0.5, 0.6) is 0 Å². The summed E-state index contributed by atoms with van der Waals surface area (Å²) in [7, 11) is 0. The molecule has 146 valence electrons. The number of aromatic nitrogens is 5. The van der Waals surface area contributed by atoms with Gasteiger partial charge in [0, 0.05) is 42.1 Å². The van der Waals surface area contributed by atoms with Gasteiger partial charge in [0.05, 0.1) is 23.8 Å². The normalized spacial score (nSPS) is 10.9. The monoisotopic (exact) mass is 452 g/mol. The third-order valence-corrected chi connectivity index (χ3v) is 4.83. The number of carbonyl (C=O) groups is 1. The maximum atomic E-state index is 12.6. The fraction of sp³-hybridized carbons (Fsp3) is 0.150. The minimum Gasteiger partial charge on any atom is -0.309 e. The summed E-state index contributed by atoms with van der Waals surface area (Å²) in [5.41, 5.74) is 1.46. The summed E-state index contributed by atoms with van der Waals surface area (Å²) in [5.74, 6) is 0.240. The summed E-state index contributed by atoms with van der Waals surface area (Å²) in [4.78, 5) is 33.2. The molecule has 1 aromatic carbocycles. The molecule has 0 radical (unpaired) electrons. The first-order chi connectivity index (χ1) is 14.1. The second-order valence-electron chi connectivity index (χ2n) is 6.46. The predicted octanol–water partition coefficient (Wildman–Crippen LogP) is 2.83. The van der Waals surface area contributed by atoms with Crippen LogP contribution in [-0.4, -0.2) is 30.2 Å². The topological polar surface area (TPSA) is 94.7 Å². The summed E-state index contributed by atoms with van der Waals surface area (Å²) in [6, 6.07) is 10.9. The molecule has 0 saturated carbocycles. The highest BCUT2D eigenvalue weighted by atomic mass is 79.9. The van der Waals surface area contributed by atoms with E-state index >= 15 is 0 Å². The minimum atomic E-state index is -0.224. The molecule has 4 aromatic rings. The summed E-state index contributed by atoms with van der Waals surface area (Å²) in [5, 5.41) is 7.60. The van der Waals surface area contributed by atoms with Crippen molar-refractivity contribution in [2.45, 2.75) is 19.5 Å². The van der Waals surface area contributed by atoms with Crippen molar-refractivity contribution in [2.75, 3.05) is 5.32 Å². The van der Waals surface area contributed by atoms with Crippen molar-refractivity contribution in [3.8, 4) is 0 Å². The van der Waals surface area contributed by atoms with Gasteiger partial charge in [-0.25, -0.2) is 4.98 Å². The molecule has 0 fully saturated rings. The smallest absolute Gasteiger partial charge is 0.261 e. The highest BCUT2D eigenvalue weighted by molar-refractivity contribution is 9.10. The Morgan fingerprint density at radius 3 is 2.93 bits per heavy atom. The van der Waals surface area contributed by atoms with Crippen LogP contribution in [0.3, 0.4) is 0 Å². The van der Waals surface area contributed by atoms with Gasteiger partial charge in [-0.05, 0) is 29.8 Å². The minimum absolute atomic E-state index is 0.135. The number of nitrogens with zero attached hydrogens (tertiary/aromatic N) is 5. The molecule has 8 nitrogen and oxygen atoms in total. The first-order valence-corrected chi connectivity index (χ1v) is 9.75. The van der Waals surface area contributed by atoms with Crippen LogP contribution in [0.15, 0.2) is 70.6 Å². The van der Waals surface area contributed by atoms with Crippen molar-refractivity contribution in [1.82, 2.24) is 24.3 Å². The molecule has 0 bridgehead atoms. The van der Waals surface area contributed by atoms with Crippen LogP contribution < -0.4 is 10.9 Å². The van der Waals surface area contributed by atoms with Crippen LogP contribution in [0.25, 0.3) is 10.9 Å². The van der Waals surface area contributed by atoms with Gasteiger partial charge in [-0.1, -0.05) is 22.0 Å². The van der Waals surface area contributed by atoms with E-state index in [-0.39, 0.29) is 24.4 Å². The van der Waals surface area contributed by atoms with Gasteiger partial charge in [-0.2, -0.15) is 5.10 Å². The van der Waals surface area contributed by atoms with Gasteiger partial charge in [0.25, 0.3) is 5.56 Å². The van der Waals surface area contributed by atoms with Crippen molar-refractivity contribution in [1.29, 1.82) is 0 Å². The number of carbonyl (C=O) groups excluding carboxylic acids is 1. The van der Waals surface area contributed by atoms with Gasteiger partial charge in [0.1, 0.15) is 0 Å². The summed E-state index contributed by atoms with van der Waals surface area (Å²) in [6.07, 6.45) is 6.88. The lowest BCUT2D eigenvalue weighted by Gasteiger charge is -2.07. The Balaban J connectivity index is 1.38. The zero-order valence-electron chi connectivity index (χ0n) is 15.3. The first kappa shape index (κ1) is 19.0. The summed E-state index contributed by atoms with van der Waals surface area (Å²) >= 11 is 3.36. The van der Waals surface area contributed by atoms with E-state index in [1.165, 1.54) is 10.9 Å². The van der Waals surface area contributed by atoms with Gasteiger partial charge in [0.2, 0.25) is 5.91 Å². The SMILES string of the molecule is O=C(CCn1cnc2ccc(Br)cc2c1=O)Nc1ccn(Cc2cccnc2)n1. The molecule has 4 rings (SSSR count). The van der Waals surface area contributed by atoms with Gasteiger partial charge >= 0.3 is 0 Å². The van der Waals surface area contributed by atoms with Gasteiger partial charge in [-0.3, -0.25) is 23.8 Å². The van der Waals surface area contributed by atoms with E-state index < -0.39 is 0 Å². The average molecular weight is 453 g/mol. The Kier molecular flexibility index (Phi) is 5.48. The second-order valence-corrected chi connectivity index (χ2v) is 7.38. The maximum absolute atomic E-state index is 12.6. The largest absolute Gasteiger partial charge is 0.309 e. The molecule has 0 saturated heterocycles. The number of benzene rings is 1. The predicted molar refractivity (Wildman–Crippen MR) is 113 cm³/mol. The highest BCUT2D eigenvalue weighted by Gasteiger charge is 2.09. The Hall–Kier alpha value is -3.33. The first-order valence-electron chi connectivity index (χ1n) is 8.95. The second kappa shape index (κ2) is 8.36. The Bertz CT molecular complexity index is 1220. The number of nitrogens with one attached hydrogen (secondary N) is 1. The van der Waals surface area contributed by atoms with Gasteiger partial charge < -0.3 is 5.32 Å². The molecule has 29 heavy (non-hydrogen) atoms. The number of fused-ring (bicyclic) bond motifs is 1. The fourth-order valence-electron chi connectivity index (χ4n) is 2.91. The van der Waals surface area contributed by atoms with Crippen LogP contribution >= 0.6 is 15.9 Å². The zero-order valence-corrected chi connectivity index (χ0v) is 16.9. The quantitative estimate of drug-likeness (QED) is 0.485. The van der Waals surface area contributed by atoms with Crippen molar-refractivity contribution in [3.05, 3.63) is 81.7 Å². The third kappa shape index (κ3) is 4.57. The number of halogens is 1. The van der Waals surface area contributed by atoms with Crippen molar-refractivity contribution in [3.63, 3.8) is 0 Å². The lowest BCUT2D eigenvalue weighted by molar-refractivity contribution is -0.116. The number of pyridine rings is 1. The lowest BCUT2D eigenvalue weighted by Crippen LogP contribution is -2.23. The van der Waals surface area contributed by atoms with Crippen LogP contribution in [0.4, 0.5) is 5.82 Å². The molecule has 1 N–H and O–H groups in total. The van der Waals surface area contributed by atoms with E-state index in [0.717, 1.165) is 10.0 Å². The molecule has 0 aliphatic carbocycles. The molecular formula is C20H17BrN6O2.